The van der Waals surface area contributed by atoms with Crippen LogP contribution in [0.4, 0.5) is 4.79 Å². The molecule has 0 bridgehead atoms. The lowest BCUT2D eigenvalue weighted by molar-refractivity contribution is -0.141. The minimum atomic E-state index is -1.26. The molecule has 9 nitrogen and oxygen atoms in total. The van der Waals surface area contributed by atoms with E-state index in [2.05, 4.69) is 5.32 Å². The zero-order valence-electron chi connectivity index (χ0n) is 21.6. The van der Waals surface area contributed by atoms with Crippen molar-refractivity contribution in [2.24, 2.45) is 11.7 Å². The third-order valence-corrected chi connectivity index (χ3v) is 6.14. The Balaban J connectivity index is 1.77. The van der Waals surface area contributed by atoms with Crippen molar-refractivity contribution in [1.82, 2.24) is 15.5 Å². The number of hydrogen-bond acceptors (Lipinski definition) is 5. The van der Waals surface area contributed by atoms with E-state index in [1.54, 1.807) is 62.4 Å². The highest BCUT2D eigenvalue weighted by molar-refractivity contribution is 5.94. The van der Waals surface area contributed by atoms with Crippen molar-refractivity contribution >= 4 is 23.8 Å². The highest BCUT2D eigenvalue weighted by Gasteiger charge is 2.38. The molecule has 2 aromatic rings. The largest absolute Gasteiger partial charge is 0.445 e. The van der Waals surface area contributed by atoms with Gasteiger partial charge in [0.2, 0.25) is 17.7 Å². The van der Waals surface area contributed by atoms with Gasteiger partial charge < -0.3 is 26.0 Å². The molecule has 36 heavy (non-hydrogen) atoms. The first-order chi connectivity index (χ1) is 17.7. The maximum Gasteiger partial charge on any atom is 0.408 e. The molecule has 0 radical (unpaired) electrons. The van der Waals surface area contributed by atoms with Crippen molar-refractivity contribution in [3.8, 4) is 0 Å². The summed E-state index contributed by atoms with van der Waals surface area (Å²) in [6.45, 7) is 3.87. The van der Waals surface area contributed by atoms with E-state index < -0.39 is 41.9 Å². The molecular weight excluding hydrogens is 460 g/mol. The Morgan fingerprint density at radius 2 is 1.67 bits per heavy atom. The average Bonchev–Trinajstić information content (AvgIpc) is 3.40. The van der Waals surface area contributed by atoms with Crippen LogP contribution in [0.2, 0.25) is 1.41 Å². The lowest BCUT2D eigenvalue weighted by Crippen LogP contribution is -2.58. The van der Waals surface area contributed by atoms with Crippen molar-refractivity contribution in [3.05, 3.63) is 71.8 Å². The number of primary amides is 1. The van der Waals surface area contributed by atoms with Crippen LogP contribution in [0.15, 0.2) is 60.7 Å². The number of carbonyl (C=O) groups excluding carboxylic acids is 4. The van der Waals surface area contributed by atoms with Crippen molar-refractivity contribution in [2.75, 3.05) is 6.54 Å². The van der Waals surface area contributed by atoms with Gasteiger partial charge in [-0.15, -0.1) is 0 Å². The Morgan fingerprint density at radius 1 is 1.06 bits per heavy atom. The first-order valence-electron chi connectivity index (χ1n) is 12.6. The number of nitrogens with zero attached hydrogens (tertiary/aromatic N) is 1. The molecule has 1 heterocycles. The fraction of sp³-hybridized carbons (Fsp3) is 0.407. The first kappa shape index (κ1) is 25.2. The number of alkyl carbamates (subject to hydrolysis) is 1. The summed E-state index contributed by atoms with van der Waals surface area (Å²) in [5, 5.41) is 3.24. The van der Waals surface area contributed by atoms with E-state index in [0.29, 0.717) is 24.7 Å². The molecule has 1 saturated heterocycles. The van der Waals surface area contributed by atoms with Gasteiger partial charge in [0.25, 0.3) is 0 Å². The fourth-order valence-electron chi connectivity index (χ4n) is 4.19. The Morgan fingerprint density at radius 3 is 2.25 bits per heavy atom. The molecule has 4 N–H and O–H groups in total. The molecule has 0 unspecified atom stereocenters. The Bertz CT molecular complexity index is 1080. The third kappa shape index (κ3) is 7.31. The smallest absolute Gasteiger partial charge is 0.408 e. The van der Waals surface area contributed by atoms with Crippen LogP contribution in [0.25, 0.3) is 0 Å². The summed E-state index contributed by atoms with van der Waals surface area (Å²) in [6, 6.07) is 15.1. The van der Waals surface area contributed by atoms with E-state index in [4.69, 9.17) is 11.9 Å². The minimum absolute atomic E-state index is 0.0449. The van der Waals surface area contributed by atoms with Crippen LogP contribution in [0, 0.1) is 5.92 Å². The van der Waals surface area contributed by atoms with Crippen LogP contribution < -0.4 is 16.4 Å². The molecule has 1 aliphatic rings. The summed E-state index contributed by atoms with van der Waals surface area (Å²) in [6.07, 6.45) is 0.177. The number of rotatable bonds is 10. The van der Waals surface area contributed by atoms with Gasteiger partial charge in [-0.3, -0.25) is 14.4 Å². The summed E-state index contributed by atoms with van der Waals surface area (Å²) in [5.74, 6) is -1.98. The quantitative estimate of drug-likeness (QED) is 0.465. The number of ether oxygens (including phenoxy) is 1. The van der Waals surface area contributed by atoms with E-state index in [1.807, 2.05) is 12.1 Å². The van der Waals surface area contributed by atoms with Gasteiger partial charge in [0.1, 0.15) is 24.7 Å². The van der Waals surface area contributed by atoms with E-state index in [-0.39, 0.29) is 18.9 Å². The Kier molecular flexibility index (Phi) is 8.91. The molecule has 4 amide bonds. The number of likely N-dealkylation sites (tertiary alicyclic amines) is 1. The maximum absolute atomic E-state index is 13.5. The van der Waals surface area contributed by atoms with Crippen LogP contribution >= 0.6 is 0 Å². The van der Waals surface area contributed by atoms with Gasteiger partial charge in [0.05, 0.1) is 0 Å². The molecule has 0 aromatic heterocycles. The Hall–Kier alpha value is -3.88. The predicted octanol–water partition coefficient (Wildman–Crippen LogP) is 2.14. The fourth-order valence-corrected chi connectivity index (χ4v) is 4.19. The van der Waals surface area contributed by atoms with Gasteiger partial charge in [0, 0.05) is 13.0 Å². The van der Waals surface area contributed by atoms with Crippen LogP contribution in [0.5, 0.6) is 0 Å². The predicted molar refractivity (Wildman–Crippen MR) is 134 cm³/mol. The minimum Gasteiger partial charge on any atom is -0.445 e. The van der Waals surface area contributed by atoms with Gasteiger partial charge in [-0.2, -0.15) is 0 Å². The van der Waals surface area contributed by atoms with Gasteiger partial charge in [-0.05, 0) is 29.9 Å². The topological polar surface area (TPSA) is 131 Å². The van der Waals surface area contributed by atoms with Crippen molar-refractivity contribution in [1.29, 1.82) is 0 Å². The summed E-state index contributed by atoms with van der Waals surface area (Å²) in [7, 11) is 0. The van der Waals surface area contributed by atoms with E-state index in [9.17, 15) is 19.2 Å². The monoisotopic (exact) mass is 495 g/mol. The highest BCUT2D eigenvalue weighted by Crippen LogP contribution is 2.20. The summed E-state index contributed by atoms with van der Waals surface area (Å²) < 4.78 is 13.7. The molecule has 1 aliphatic heterocycles. The van der Waals surface area contributed by atoms with Crippen LogP contribution in [-0.4, -0.2) is 53.4 Å². The normalized spacial score (nSPS) is 17.1. The van der Waals surface area contributed by atoms with E-state index >= 15 is 0 Å². The molecule has 0 spiro atoms. The lowest BCUT2D eigenvalue weighted by atomic mass is 10.00. The van der Waals surface area contributed by atoms with Gasteiger partial charge in [-0.1, -0.05) is 74.5 Å². The molecule has 3 rings (SSSR count). The summed E-state index contributed by atoms with van der Waals surface area (Å²) in [5.41, 5.74) is 6.95. The number of amides is 4. The van der Waals surface area contributed by atoms with Crippen LogP contribution in [-0.2, 0) is 32.1 Å². The van der Waals surface area contributed by atoms with Crippen molar-refractivity contribution < 1.29 is 25.3 Å². The number of nitrogens with two attached hydrogens (primary N) is 1. The number of benzene rings is 2. The second-order valence-corrected chi connectivity index (χ2v) is 9.20. The molecular formula is C27H34N4O5. The zero-order valence-corrected chi connectivity index (χ0v) is 20.6. The number of hydrogen-bond donors (Lipinski definition) is 3. The summed E-state index contributed by atoms with van der Waals surface area (Å²) >= 11 is 0. The lowest BCUT2D eigenvalue weighted by Gasteiger charge is -2.31. The van der Waals surface area contributed by atoms with E-state index in [0.717, 1.165) is 11.1 Å². The van der Waals surface area contributed by atoms with Crippen LogP contribution in [0.3, 0.4) is 0 Å². The number of nitrogens with one attached hydrogen (secondary N) is 2. The van der Waals surface area contributed by atoms with Crippen molar-refractivity contribution in [2.45, 2.75) is 57.8 Å². The van der Waals surface area contributed by atoms with Gasteiger partial charge >= 0.3 is 6.09 Å². The summed E-state index contributed by atoms with van der Waals surface area (Å²) in [4.78, 5) is 52.8. The zero-order chi connectivity index (χ0) is 26.9. The molecule has 0 aliphatic carbocycles. The van der Waals surface area contributed by atoms with Crippen molar-refractivity contribution in [3.63, 3.8) is 0 Å². The highest BCUT2D eigenvalue weighted by atomic mass is 16.5. The third-order valence-electron chi connectivity index (χ3n) is 6.14. The average molecular weight is 496 g/mol. The molecule has 1 fully saturated rings. The number of carbonyl (C=O) groups is 4. The van der Waals surface area contributed by atoms with E-state index in [1.165, 1.54) is 4.90 Å². The molecule has 192 valence electrons. The SMILES string of the molecule is [2H]N(C(=O)OCc1ccccc1)[C@@H](Cc1ccccc1)C(=O)N[C@H](C(=O)N1CCC[C@H]1C(N)=O)C(C)C. The molecule has 3 atom stereocenters. The first-order valence-corrected chi connectivity index (χ1v) is 12.1. The second-order valence-electron chi connectivity index (χ2n) is 9.20. The standard InChI is InChI=1S/C27H34N4O5/c1-18(2)23(26(34)31-15-9-14-22(31)24(28)32)30-25(33)21(16-19-10-5-3-6-11-19)29-27(35)36-17-20-12-7-4-8-13-20/h3-8,10-13,18,21-23H,9,14-17H2,1-2H3,(H2,28,32)(H,29,35)(H,30,33)/t21-,22-,23-/m0/s1/i/hD. The molecule has 0 saturated carbocycles. The van der Waals surface area contributed by atoms with Gasteiger partial charge in [0.15, 0.2) is 1.41 Å². The maximum atomic E-state index is 13.5. The van der Waals surface area contributed by atoms with Gasteiger partial charge in [-0.25, -0.2) is 4.79 Å². The van der Waals surface area contributed by atoms with Crippen LogP contribution in [0.1, 0.15) is 37.8 Å². The molecule has 9 heteroatoms. The molecule has 2 aromatic carbocycles. The Labute approximate surface area is 212 Å². The second kappa shape index (κ2) is 12.7.